The van der Waals surface area contributed by atoms with Crippen LogP contribution in [0.1, 0.15) is 22.3 Å². The van der Waals surface area contributed by atoms with E-state index < -0.39 is 5.66 Å². The highest BCUT2D eigenvalue weighted by atomic mass is 16.5. The van der Waals surface area contributed by atoms with Gasteiger partial charge < -0.3 is 29.9 Å². The summed E-state index contributed by atoms with van der Waals surface area (Å²) in [6.07, 6.45) is 2.87. The Labute approximate surface area is 213 Å². The summed E-state index contributed by atoms with van der Waals surface area (Å²) < 4.78 is 11.4. The molecular weight excluding hydrogens is 472 g/mol. The smallest absolute Gasteiger partial charge is 0.202 e. The predicted octanol–water partition coefficient (Wildman–Crippen LogP) is 4.95. The van der Waals surface area contributed by atoms with Gasteiger partial charge in [-0.1, -0.05) is 36.4 Å². The summed E-state index contributed by atoms with van der Waals surface area (Å²) in [5, 5.41) is 40.8. The third-order valence-electron chi connectivity index (χ3n) is 6.37. The van der Waals surface area contributed by atoms with Crippen molar-refractivity contribution in [2.75, 3.05) is 14.2 Å². The minimum atomic E-state index is -1.39. The molecule has 8 heteroatoms. The average molecular weight is 497 g/mol. The van der Waals surface area contributed by atoms with E-state index in [0.29, 0.717) is 22.6 Å². The Hall–Kier alpha value is -4.98. The Morgan fingerprint density at radius 2 is 1.00 bits per heavy atom. The molecule has 0 radical (unpaired) electrons. The molecule has 37 heavy (non-hydrogen) atoms. The maximum absolute atomic E-state index is 10.4. The lowest BCUT2D eigenvalue weighted by Gasteiger charge is -2.24. The molecule has 0 amide bonds. The van der Waals surface area contributed by atoms with Gasteiger partial charge >= 0.3 is 0 Å². The van der Waals surface area contributed by atoms with E-state index >= 15 is 0 Å². The summed E-state index contributed by atoms with van der Waals surface area (Å²) in [6, 6.07) is 20.2. The topological polar surface area (TPSA) is 124 Å². The van der Waals surface area contributed by atoms with Crippen molar-refractivity contribution in [3.63, 3.8) is 0 Å². The highest BCUT2D eigenvalue weighted by molar-refractivity contribution is 5.93. The van der Waals surface area contributed by atoms with Crippen LogP contribution < -0.4 is 9.47 Å². The van der Waals surface area contributed by atoms with Gasteiger partial charge in [-0.05, 0) is 36.4 Å². The SMILES string of the molecule is COc1cccc2c1-c1c(OC)cccc1C2(/N=C/c1cccc(O)c1O)/N=C/c1cccc(O)c1O. The fourth-order valence-corrected chi connectivity index (χ4v) is 4.59. The number of para-hydroxylation sites is 2. The first-order valence-electron chi connectivity index (χ1n) is 11.4. The van der Waals surface area contributed by atoms with Crippen LogP contribution in [-0.2, 0) is 5.66 Å². The molecule has 1 aliphatic carbocycles. The summed E-state index contributed by atoms with van der Waals surface area (Å²) in [5.74, 6) is 0.00631. The quantitative estimate of drug-likeness (QED) is 0.221. The van der Waals surface area contributed by atoms with Crippen LogP contribution >= 0.6 is 0 Å². The second-order valence-electron chi connectivity index (χ2n) is 8.38. The second kappa shape index (κ2) is 9.23. The Morgan fingerprint density at radius 3 is 1.41 bits per heavy atom. The van der Waals surface area contributed by atoms with Gasteiger partial charge in [-0.25, -0.2) is 0 Å². The van der Waals surface area contributed by atoms with E-state index in [-0.39, 0.29) is 34.1 Å². The van der Waals surface area contributed by atoms with E-state index in [0.717, 1.165) is 11.1 Å². The minimum absolute atomic E-state index is 0.276. The summed E-state index contributed by atoms with van der Waals surface area (Å²) >= 11 is 0. The summed E-state index contributed by atoms with van der Waals surface area (Å²) in [7, 11) is 3.15. The van der Waals surface area contributed by atoms with Gasteiger partial charge in [0.15, 0.2) is 23.0 Å². The van der Waals surface area contributed by atoms with Crippen molar-refractivity contribution >= 4 is 12.4 Å². The van der Waals surface area contributed by atoms with Gasteiger partial charge in [-0.2, -0.15) is 0 Å². The molecule has 0 saturated heterocycles. The molecule has 0 unspecified atom stereocenters. The second-order valence-corrected chi connectivity index (χ2v) is 8.38. The van der Waals surface area contributed by atoms with E-state index in [9.17, 15) is 20.4 Å². The first-order valence-corrected chi connectivity index (χ1v) is 11.4. The zero-order valence-electron chi connectivity index (χ0n) is 20.1. The molecule has 4 aromatic rings. The van der Waals surface area contributed by atoms with Crippen LogP contribution in [-0.4, -0.2) is 47.1 Å². The predicted molar refractivity (Wildman–Crippen MR) is 140 cm³/mol. The largest absolute Gasteiger partial charge is 0.504 e. The molecule has 0 heterocycles. The van der Waals surface area contributed by atoms with Crippen LogP contribution in [0.5, 0.6) is 34.5 Å². The van der Waals surface area contributed by atoms with E-state index in [4.69, 9.17) is 19.5 Å². The molecule has 0 atom stereocenters. The summed E-state index contributed by atoms with van der Waals surface area (Å²) in [4.78, 5) is 9.76. The van der Waals surface area contributed by atoms with Gasteiger partial charge in [0.2, 0.25) is 5.66 Å². The lowest BCUT2D eigenvalue weighted by Crippen LogP contribution is -2.21. The number of fused-ring (bicyclic) bond motifs is 3. The highest BCUT2D eigenvalue weighted by Gasteiger charge is 2.45. The number of rotatable bonds is 6. The maximum Gasteiger partial charge on any atom is 0.202 e. The third kappa shape index (κ3) is 3.79. The van der Waals surface area contributed by atoms with Crippen molar-refractivity contribution in [1.29, 1.82) is 0 Å². The van der Waals surface area contributed by atoms with Crippen molar-refractivity contribution < 1.29 is 29.9 Å². The number of benzene rings is 4. The summed E-state index contributed by atoms with van der Waals surface area (Å²) in [5.41, 5.74) is 2.03. The molecule has 0 aromatic heterocycles. The van der Waals surface area contributed by atoms with Crippen molar-refractivity contribution in [3.05, 3.63) is 95.1 Å². The fourth-order valence-electron chi connectivity index (χ4n) is 4.59. The molecular formula is C29H24N2O6. The molecule has 0 saturated carbocycles. The number of aliphatic imine (C=N–C) groups is 2. The zero-order chi connectivity index (χ0) is 26.2. The van der Waals surface area contributed by atoms with E-state index in [1.54, 1.807) is 38.5 Å². The number of nitrogens with zero attached hydrogens (tertiary/aromatic N) is 2. The van der Waals surface area contributed by atoms with Gasteiger partial charge in [0.25, 0.3) is 0 Å². The zero-order valence-corrected chi connectivity index (χ0v) is 20.1. The lowest BCUT2D eigenvalue weighted by molar-refractivity contribution is 0.403. The average Bonchev–Trinajstić information content (AvgIpc) is 3.20. The maximum atomic E-state index is 10.4. The monoisotopic (exact) mass is 496 g/mol. The number of hydrogen-bond acceptors (Lipinski definition) is 8. The van der Waals surface area contributed by atoms with Crippen molar-refractivity contribution in [3.8, 4) is 45.6 Å². The lowest BCUT2D eigenvalue weighted by atomic mass is 9.97. The Morgan fingerprint density at radius 1 is 0.595 bits per heavy atom. The van der Waals surface area contributed by atoms with Crippen LogP contribution in [0, 0.1) is 0 Å². The Kier molecular flexibility index (Phi) is 5.93. The first-order chi connectivity index (χ1) is 17.9. The van der Waals surface area contributed by atoms with Crippen molar-refractivity contribution in [2.24, 2.45) is 9.98 Å². The van der Waals surface area contributed by atoms with Crippen LogP contribution in [0.15, 0.2) is 82.8 Å². The van der Waals surface area contributed by atoms with Crippen LogP contribution in [0.4, 0.5) is 0 Å². The van der Waals surface area contributed by atoms with Crippen LogP contribution in [0.2, 0.25) is 0 Å². The highest BCUT2D eigenvalue weighted by Crippen LogP contribution is 2.57. The first kappa shape index (κ1) is 23.7. The van der Waals surface area contributed by atoms with Crippen LogP contribution in [0.3, 0.4) is 0 Å². The van der Waals surface area contributed by atoms with Crippen LogP contribution in [0.25, 0.3) is 11.1 Å². The van der Waals surface area contributed by atoms with E-state index in [1.165, 1.54) is 24.6 Å². The number of phenolic OH excluding ortho intramolecular Hbond substituents is 4. The standard InChI is InChI=1S/C29H24N2O6/c1-36-23-13-5-9-19-25(23)26-20(10-6-14-24(26)37-2)29(19,30-15-17-7-3-11-21(32)27(17)34)31-16-18-8-4-12-22(33)28(18)35/h3-16,32-35H,1-2H3/b30-15+,31-16+. The van der Waals surface area contributed by atoms with E-state index in [1.807, 2.05) is 36.4 Å². The molecule has 0 fully saturated rings. The fraction of sp³-hybridized carbons (Fsp3) is 0.103. The Balaban J connectivity index is 1.83. The van der Waals surface area contributed by atoms with Gasteiger partial charge in [-0.15, -0.1) is 0 Å². The third-order valence-corrected chi connectivity index (χ3v) is 6.37. The summed E-state index contributed by atoms with van der Waals surface area (Å²) in [6.45, 7) is 0. The van der Waals surface area contributed by atoms with Gasteiger partial charge in [0.05, 0.1) is 14.2 Å². The molecule has 5 rings (SSSR count). The molecule has 0 aliphatic heterocycles. The van der Waals surface area contributed by atoms with Crippen molar-refractivity contribution in [2.45, 2.75) is 5.66 Å². The molecule has 8 nitrogen and oxygen atoms in total. The molecule has 4 aromatic carbocycles. The minimum Gasteiger partial charge on any atom is -0.504 e. The molecule has 1 aliphatic rings. The van der Waals surface area contributed by atoms with Crippen molar-refractivity contribution in [1.82, 2.24) is 0 Å². The normalized spacial score (nSPS) is 13.6. The molecule has 4 N–H and O–H groups in total. The van der Waals surface area contributed by atoms with E-state index in [2.05, 4.69) is 0 Å². The molecule has 186 valence electrons. The van der Waals surface area contributed by atoms with Gasteiger partial charge in [-0.3, -0.25) is 9.98 Å². The number of methoxy groups -OCH3 is 2. The number of hydrogen-bond donors (Lipinski definition) is 4. The van der Waals surface area contributed by atoms with Gasteiger partial charge in [0.1, 0.15) is 11.5 Å². The Bertz CT molecular complexity index is 1440. The number of aromatic hydroxyl groups is 4. The molecule has 0 spiro atoms. The van der Waals surface area contributed by atoms with Gasteiger partial charge in [0, 0.05) is 45.8 Å². The molecule has 0 bridgehead atoms. The number of phenols is 4. The number of ether oxygens (including phenoxy) is 2.